The normalized spacial score (nSPS) is 20.5. The van der Waals surface area contributed by atoms with Crippen LogP contribution in [0.4, 0.5) is 5.82 Å². The van der Waals surface area contributed by atoms with E-state index in [-0.39, 0.29) is 5.54 Å². The molecular weight excluding hydrogens is 238 g/mol. The van der Waals surface area contributed by atoms with Gasteiger partial charge in [-0.3, -0.25) is 9.80 Å². The van der Waals surface area contributed by atoms with Gasteiger partial charge in [-0.25, -0.2) is 9.97 Å². The average molecular weight is 263 g/mol. The lowest BCUT2D eigenvalue weighted by Crippen LogP contribution is -2.57. The highest BCUT2D eigenvalue weighted by Gasteiger charge is 2.31. The topological polar surface area (TPSA) is 44.3 Å². The van der Waals surface area contributed by atoms with Gasteiger partial charge in [-0.05, 0) is 27.8 Å². The molecule has 1 fully saturated rings. The largest absolute Gasteiger partial charge is 0.373 e. The summed E-state index contributed by atoms with van der Waals surface area (Å²) in [5.41, 5.74) is 1.23. The van der Waals surface area contributed by atoms with Crippen molar-refractivity contribution >= 4 is 5.82 Å². The second-order valence-corrected chi connectivity index (χ2v) is 6.01. The number of piperazine rings is 1. The zero-order chi connectivity index (χ0) is 14.0. The Kier molecular flexibility index (Phi) is 4.06. The average Bonchev–Trinajstić information content (AvgIpc) is 2.32. The van der Waals surface area contributed by atoms with Crippen molar-refractivity contribution in [3.8, 4) is 0 Å². The Morgan fingerprint density at radius 2 is 2.05 bits per heavy atom. The van der Waals surface area contributed by atoms with Gasteiger partial charge in [0.15, 0.2) is 0 Å². The number of hydrogen-bond donors (Lipinski definition) is 1. The minimum Gasteiger partial charge on any atom is -0.373 e. The Morgan fingerprint density at radius 1 is 1.32 bits per heavy atom. The summed E-state index contributed by atoms with van der Waals surface area (Å²) in [6.07, 6.45) is 0. The molecule has 2 rings (SSSR count). The molecule has 1 aliphatic rings. The fourth-order valence-electron chi connectivity index (χ4n) is 2.50. The second-order valence-electron chi connectivity index (χ2n) is 6.01. The highest BCUT2D eigenvalue weighted by Crippen LogP contribution is 2.20. The highest BCUT2D eigenvalue weighted by atomic mass is 15.3. The molecular formula is C14H25N5. The zero-order valence-corrected chi connectivity index (χ0v) is 12.7. The van der Waals surface area contributed by atoms with Crippen molar-refractivity contribution in [2.75, 3.05) is 39.0 Å². The van der Waals surface area contributed by atoms with Gasteiger partial charge in [-0.1, -0.05) is 0 Å². The first-order valence-electron chi connectivity index (χ1n) is 6.86. The van der Waals surface area contributed by atoms with Gasteiger partial charge in [0.25, 0.3) is 0 Å². The van der Waals surface area contributed by atoms with E-state index in [2.05, 4.69) is 46.0 Å². The molecule has 5 heteroatoms. The van der Waals surface area contributed by atoms with E-state index in [0.29, 0.717) is 0 Å². The summed E-state index contributed by atoms with van der Waals surface area (Å²) in [7, 11) is 4.09. The molecule has 0 saturated carbocycles. The predicted octanol–water partition coefficient (Wildman–Crippen LogP) is 1.35. The van der Waals surface area contributed by atoms with Crippen LogP contribution in [-0.2, 0) is 6.54 Å². The predicted molar refractivity (Wildman–Crippen MR) is 78.3 cm³/mol. The summed E-state index contributed by atoms with van der Waals surface area (Å²) in [5.74, 6) is 1.81. The highest BCUT2D eigenvalue weighted by molar-refractivity contribution is 5.34. The Bertz CT molecular complexity index is 443. The van der Waals surface area contributed by atoms with E-state index in [9.17, 15) is 0 Å². The van der Waals surface area contributed by atoms with Gasteiger partial charge < -0.3 is 5.32 Å². The summed E-state index contributed by atoms with van der Waals surface area (Å²) in [4.78, 5) is 13.9. The molecule has 106 valence electrons. The molecule has 0 aliphatic carbocycles. The Labute approximate surface area is 116 Å². The lowest BCUT2D eigenvalue weighted by molar-refractivity contribution is 0.0347. The fraction of sp³-hybridized carbons (Fsp3) is 0.714. The Balaban J connectivity index is 2.07. The first kappa shape index (κ1) is 14.2. The van der Waals surface area contributed by atoms with Crippen LogP contribution in [0.15, 0.2) is 6.07 Å². The number of nitrogens with one attached hydrogen (secondary N) is 1. The van der Waals surface area contributed by atoms with E-state index in [4.69, 9.17) is 0 Å². The molecule has 0 atom stereocenters. The lowest BCUT2D eigenvalue weighted by Gasteiger charge is -2.45. The molecule has 1 aliphatic heterocycles. The molecule has 2 heterocycles. The summed E-state index contributed by atoms with van der Waals surface area (Å²) in [6, 6.07) is 1.97. The van der Waals surface area contributed by atoms with Crippen LogP contribution < -0.4 is 5.32 Å². The van der Waals surface area contributed by atoms with E-state index in [1.807, 2.05) is 20.0 Å². The first-order chi connectivity index (χ1) is 8.90. The van der Waals surface area contributed by atoms with Gasteiger partial charge in [0.1, 0.15) is 11.6 Å². The molecule has 0 bridgehead atoms. The van der Waals surface area contributed by atoms with Crippen LogP contribution in [0.2, 0.25) is 0 Å². The van der Waals surface area contributed by atoms with Crippen molar-refractivity contribution < 1.29 is 0 Å². The number of nitrogens with zero attached hydrogens (tertiary/aromatic N) is 4. The molecule has 5 nitrogen and oxygen atoms in total. The smallest absolute Gasteiger partial charge is 0.144 e. The third kappa shape index (κ3) is 3.42. The second kappa shape index (κ2) is 5.43. The molecule has 0 radical (unpaired) electrons. The minimum atomic E-state index is 0.216. The molecule has 1 N–H and O–H groups in total. The zero-order valence-electron chi connectivity index (χ0n) is 12.7. The lowest BCUT2D eigenvalue weighted by atomic mass is 10.00. The third-order valence-electron chi connectivity index (χ3n) is 3.92. The minimum absolute atomic E-state index is 0.216. The van der Waals surface area contributed by atoms with Crippen molar-refractivity contribution in [2.24, 2.45) is 0 Å². The van der Waals surface area contributed by atoms with Crippen LogP contribution >= 0.6 is 0 Å². The van der Waals surface area contributed by atoms with E-state index >= 15 is 0 Å². The summed E-state index contributed by atoms with van der Waals surface area (Å²) in [5, 5.41) is 3.09. The number of likely N-dealkylation sites (N-methyl/N-ethyl adjacent to an activating group) is 1. The number of hydrogen-bond acceptors (Lipinski definition) is 5. The van der Waals surface area contributed by atoms with Crippen LogP contribution in [0.5, 0.6) is 0 Å². The van der Waals surface area contributed by atoms with Gasteiger partial charge in [-0.2, -0.15) is 0 Å². The van der Waals surface area contributed by atoms with Crippen LogP contribution in [0.25, 0.3) is 0 Å². The van der Waals surface area contributed by atoms with Crippen molar-refractivity contribution in [3.63, 3.8) is 0 Å². The van der Waals surface area contributed by atoms with Crippen LogP contribution in [0.1, 0.15) is 25.4 Å². The number of aryl methyl sites for hydroxylation is 1. The van der Waals surface area contributed by atoms with Crippen molar-refractivity contribution in [3.05, 3.63) is 17.6 Å². The number of rotatable bonds is 3. The quantitative estimate of drug-likeness (QED) is 0.892. The van der Waals surface area contributed by atoms with Crippen LogP contribution in [0.3, 0.4) is 0 Å². The molecule has 19 heavy (non-hydrogen) atoms. The molecule has 1 aromatic rings. The van der Waals surface area contributed by atoms with E-state index < -0.39 is 0 Å². The van der Waals surface area contributed by atoms with E-state index in [1.54, 1.807) is 0 Å². The maximum atomic E-state index is 4.54. The first-order valence-corrected chi connectivity index (χ1v) is 6.86. The van der Waals surface area contributed by atoms with Crippen molar-refractivity contribution in [1.82, 2.24) is 19.8 Å². The molecule has 0 aromatic carbocycles. The standard InChI is InChI=1S/C14H25N5/c1-11-8-12(15-4)17-13(16-11)9-19-7-6-18(5)14(2,3)10-19/h8H,6-7,9-10H2,1-5H3,(H,15,16,17). The molecule has 0 spiro atoms. The Morgan fingerprint density at radius 3 is 2.68 bits per heavy atom. The SMILES string of the molecule is CNc1cc(C)nc(CN2CCN(C)C(C)(C)C2)n1. The van der Waals surface area contributed by atoms with Crippen LogP contribution in [-0.4, -0.2) is 59.0 Å². The third-order valence-corrected chi connectivity index (χ3v) is 3.92. The van der Waals surface area contributed by atoms with Gasteiger partial charge in [0.2, 0.25) is 0 Å². The van der Waals surface area contributed by atoms with Crippen molar-refractivity contribution in [2.45, 2.75) is 32.9 Å². The summed E-state index contributed by atoms with van der Waals surface area (Å²) < 4.78 is 0. The van der Waals surface area contributed by atoms with Crippen LogP contribution in [0, 0.1) is 6.92 Å². The maximum Gasteiger partial charge on any atom is 0.144 e. The van der Waals surface area contributed by atoms with Gasteiger partial charge in [0.05, 0.1) is 6.54 Å². The Hall–Kier alpha value is -1.20. The maximum absolute atomic E-state index is 4.54. The monoisotopic (exact) mass is 263 g/mol. The number of aromatic nitrogens is 2. The summed E-state index contributed by atoms with van der Waals surface area (Å²) in [6.45, 7) is 10.6. The summed E-state index contributed by atoms with van der Waals surface area (Å²) >= 11 is 0. The van der Waals surface area contributed by atoms with E-state index in [0.717, 1.165) is 43.5 Å². The molecule has 0 unspecified atom stereocenters. The van der Waals surface area contributed by atoms with Gasteiger partial charge in [-0.15, -0.1) is 0 Å². The van der Waals surface area contributed by atoms with Gasteiger partial charge in [0, 0.05) is 44.0 Å². The fourth-order valence-corrected chi connectivity index (χ4v) is 2.50. The molecule has 1 aromatic heterocycles. The van der Waals surface area contributed by atoms with Gasteiger partial charge >= 0.3 is 0 Å². The molecule has 0 amide bonds. The molecule has 1 saturated heterocycles. The number of anilines is 1. The van der Waals surface area contributed by atoms with E-state index in [1.165, 1.54) is 0 Å². The van der Waals surface area contributed by atoms with Crippen molar-refractivity contribution in [1.29, 1.82) is 0 Å².